The summed E-state index contributed by atoms with van der Waals surface area (Å²) < 4.78 is 0. The summed E-state index contributed by atoms with van der Waals surface area (Å²) >= 11 is 0. The van der Waals surface area contributed by atoms with Gasteiger partial charge >= 0.3 is 5.97 Å². The van der Waals surface area contributed by atoms with Crippen LogP contribution in [0.25, 0.3) is 0 Å². The van der Waals surface area contributed by atoms with Gasteiger partial charge in [0.15, 0.2) is 5.78 Å². The monoisotopic (exact) mass is 516 g/mol. The Balaban J connectivity index is 1.74. The number of carboxylic acids is 1. The lowest BCUT2D eigenvalue weighted by Gasteiger charge is -2.61. The highest BCUT2D eigenvalue weighted by Crippen LogP contribution is 2.70. The number of rotatable bonds is 6. The van der Waals surface area contributed by atoms with Gasteiger partial charge in [-0.15, -0.1) is 0 Å². The fourth-order valence-corrected chi connectivity index (χ4v) is 9.12. The maximum atomic E-state index is 14.1. The molecule has 0 radical (unpaired) electrons. The van der Waals surface area contributed by atoms with Crippen LogP contribution >= 0.6 is 0 Å². The van der Waals surface area contributed by atoms with Crippen molar-refractivity contribution in [1.82, 2.24) is 0 Å². The summed E-state index contributed by atoms with van der Waals surface area (Å²) in [6.45, 7) is 13.4. The molecule has 7 nitrogen and oxygen atoms in total. The molecule has 0 saturated heterocycles. The molecule has 0 heterocycles. The number of allylic oxidation sites excluding steroid dienone is 1. The molecule has 9 atom stereocenters. The minimum absolute atomic E-state index is 0.00871. The Morgan fingerprint density at radius 3 is 2.24 bits per heavy atom. The minimum atomic E-state index is -1.01. The molecule has 37 heavy (non-hydrogen) atoms. The second-order valence-electron chi connectivity index (χ2n) is 13.9. The summed E-state index contributed by atoms with van der Waals surface area (Å²) in [7, 11) is 0. The van der Waals surface area contributed by atoms with E-state index in [1.807, 2.05) is 34.6 Å². The van der Waals surface area contributed by atoms with Crippen LogP contribution in [0.5, 0.6) is 0 Å². The predicted octanol–water partition coefficient (Wildman–Crippen LogP) is 4.13. The molecule has 0 aromatic rings. The zero-order valence-electron chi connectivity index (χ0n) is 23.4. The molecule has 0 spiro atoms. The number of fused-ring (bicyclic) bond motifs is 4. The first-order valence-electron chi connectivity index (χ1n) is 13.8. The quantitative estimate of drug-likeness (QED) is 0.484. The number of hydrogen-bond acceptors (Lipinski definition) is 6. The average molecular weight is 517 g/mol. The first-order chi connectivity index (χ1) is 16.9. The van der Waals surface area contributed by atoms with Crippen molar-refractivity contribution >= 4 is 23.3 Å². The lowest BCUT2D eigenvalue weighted by molar-refractivity contribution is -0.144. The van der Waals surface area contributed by atoms with Crippen LogP contribution in [-0.4, -0.2) is 50.8 Å². The second kappa shape index (κ2) is 8.84. The van der Waals surface area contributed by atoms with E-state index in [0.717, 1.165) is 0 Å². The fraction of sp³-hybridized carbons (Fsp3) is 0.800. The molecule has 0 aromatic carbocycles. The number of carbonyl (C=O) groups excluding carboxylic acids is 3. The van der Waals surface area contributed by atoms with E-state index in [0.29, 0.717) is 30.4 Å². The van der Waals surface area contributed by atoms with Gasteiger partial charge in [-0.3, -0.25) is 19.2 Å². The van der Waals surface area contributed by atoms with Crippen LogP contribution < -0.4 is 0 Å². The summed E-state index contributed by atoms with van der Waals surface area (Å²) in [5.74, 6) is -2.45. The van der Waals surface area contributed by atoms with Gasteiger partial charge in [-0.1, -0.05) is 41.5 Å². The van der Waals surface area contributed by atoms with Crippen molar-refractivity contribution < 1.29 is 34.5 Å². The van der Waals surface area contributed by atoms with E-state index in [9.17, 15) is 34.5 Å². The van der Waals surface area contributed by atoms with Crippen molar-refractivity contribution in [3.8, 4) is 0 Å². The normalized spacial score (nSPS) is 42.5. The first-order valence-corrected chi connectivity index (χ1v) is 13.8. The van der Waals surface area contributed by atoms with Crippen LogP contribution in [0.15, 0.2) is 11.1 Å². The van der Waals surface area contributed by atoms with Gasteiger partial charge in [-0.05, 0) is 65.8 Å². The highest BCUT2D eigenvalue weighted by Gasteiger charge is 2.70. The van der Waals surface area contributed by atoms with Gasteiger partial charge in [-0.2, -0.15) is 0 Å². The van der Waals surface area contributed by atoms with Gasteiger partial charge in [0.2, 0.25) is 0 Å². The van der Waals surface area contributed by atoms with Gasteiger partial charge in [-0.25, -0.2) is 0 Å². The van der Waals surface area contributed by atoms with Gasteiger partial charge in [0.05, 0.1) is 23.5 Å². The van der Waals surface area contributed by atoms with E-state index < -0.39 is 45.8 Å². The summed E-state index contributed by atoms with van der Waals surface area (Å²) in [6, 6.07) is 0. The van der Waals surface area contributed by atoms with Crippen molar-refractivity contribution in [2.24, 2.45) is 45.3 Å². The zero-order valence-corrected chi connectivity index (χ0v) is 23.4. The molecule has 0 amide bonds. The predicted molar refractivity (Wildman–Crippen MR) is 137 cm³/mol. The molecule has 0 aromatic heterocycles. The molecule has 4 aliphatic carbocycles. The molecule has 4 rings (SSSR count). The maximum Gasteiger partial charge on any atom is 0.306 e. The lowest BCUT2D eigenvalue weighted by Crippen LogP contribution is -2.60. The largest absolute Gasteiger partial charge is 0.481 e. The van der Waals surface area contributed by atoms with Crippen LogP contribution in [0, 0.1) is 45.3 Å². The minimum Gasteiger partial charge on any atom is -0.481 e. The van der Waals surface area contributed by atoms with Crippen LogP contribution in [0.4, 0.5) is 0 Å². The molecule has 0 aliphatic heterocycles. The highest BCUT2D eigenvalue weighted by molar-refractivity contribution is 6.05. The van der Waals surface area contributed by atoms with Crippen molar-refractivity contribution in [3.63, 3.8) is 0 Å². The zero-order chi connectivity index (χ0) is 27.9. The SMILES string of the molecule is CC(CC(=O)CC(C)[C@H]1CC(=O)[C@@]2(C)C3=C(C(=O)C[C@]12C)[C@@]1(C)CCC(O)C(C)(C)[C@@H]1C[C@@H]3O)C(=O)O. The number of Topliss-reactive ketones (excluding diaryl/α,β-unsaturated/α-hetero) is 3. The van der Waals surface area contributed by atoms with Crippen molar-refractivity contribution in [2.75, 3.05) is 0 Å². The number of carboxylic acid groups (broad SMARTS) is 1. The Kier molecular flexibility index (Phi) is 6.72. The molecular weight excluding hydrogens is 472 g/mol. The standard InChI is InChI=1S/C30H44O7/c1-15(10-17(31)11-16(2)26(36)37)18-12-23(35)30(7)25-19(32)13-21-27(3,4)22(34)8-9-28(21,5)24(25)20(33)14-29(18,30)6/h15-16,18-19,21-22,32,34H,8-14H2,1-7H3,(H,36,37)/t15?,16?,18-,19+,21+,22?,28+,29-,30+/m1/s1. The van der Waals surface area contributed by atoms with Crippen LogP contribution in [0.2, 0.25) is 0 Å². The lowest BCUT2D eigenvalue weighted by atomic mass is 9.42. The third kappa shape index (κ3) is 3.82. The molecule has 3 unspecified atom stereocenters. The number of aliphatic hydroxyl groups excluding tert-OH is 2. The van der Waals surface area contributed by atoms with Crippen molar-refractivity contribution in [2.45, 2.75) is 106 Å². The number of ketones is 3. The number of aliphatic hydroxyl groups is 2. The number of carbonyl (C=O) groups is 4. The third-order valence-corrected chi connectivity index (χ3v) is 11.6. The van der Waals surface area contributed by atoms with E-state index in [1.54, 1.807) is 0 Å². The number of aliphatic carboxylic acids is 1. The van der Waals surface area contributed by atoms with Gasteiger partial charge in [0, 0.05) is 31.3 Å². The Labute approximate surface area is 220 Å². The summed E-state index contributed by atoms with van der Waals surface area (Å²) in [5, 5.41) is 31.6. The second-order valence-corrected chi connectivity index (χ2v) is 13.9. The molecule has 3 N–H and O–H groups in total. The fourth-order valence-electron chi connectivity index (χ4n) is 9.12. The molecule has 4 aliphatic rings. The smallest absolute Gasteiger partial charge is 0.306 e. The highest BCUT2D eigenvalue weighted by atomic mass is 16.4. The van der Waals surface area contributed by atoms with Gasteiger partial charge in [0.25, 0.3) is 0 Å². The Hall–Kier alpha value is -1.86. The third-order valence-electron chi connectivity index (χ3n) is 11.6. The van der Waals surface area contributed by atoms with E-state index in [-0.39, 0.29) is 60.8 Å². The summed E-state index contributed by atoms with van der Waals surface area (Å²) in [5.41, 5.74) is -1.55. The van der Waals surface area contributed by atoms with Gasteiger partial charge in [0.1, 0.15) is 11.6 Å². The average Bonchev–Trinajstić information content (AvgIpc) is 2.99. The maximum absolute atomic E-state index is 14.1. The molecular formula is C30H44O7. The van der Waals surface area contributed by atoms with Crippen molar-refractivity contribution in [1.29, 1.82) is 0 Å². The van der Waals surface area contributed by atoms with Gasteiger partial charge < -0.3 is 15.3 Å². The van der Waals surface area contributed by atoms with E-state index >= 15 is 0 Å². The molecule has 2 saturated carbocycles. The van der Waals surface area contributed by atoms with E-state index in [2.05, 4.69) is 6.92 Å². The van der Waals surface area contributed by atoms with Crippen molar-refractivity contribution in [3.05, 3.63) is 11.1 Å². The van der Waals surface area contributed by atoms with Crippen LogP contribution in [0.3, 0.4) is 0 Å². The summed E-state index contributed by atoms with van der Waals surface area (Å²) in [4.78, 5) is 51.9. The summed E-state index contributed by atoms with van der Waals surface area (Å²) in [6.07, 6.45) is 0.671. The number of hydrogen-bond donors (Lipinski definition) is 3. The molecule has 2 fully saturated rings. The molecule has 7 heteroatoms. The Bertz CT molecular complexity index is 1070. The first kappa shape index (κ1) is 28.2. The Morgan fingerprint density at radius 1 is 1.03 bits per heavy atom. The van der Waals surface area contributed by atoms with Crippen LogP contribution in [0.1, 0.15) is 93.4 Å². The van der Waals surface area contributed by atoms with E-state index in [1.165, 1.54) is 6.92 Å². The topological polar surface area (TPSA) is 129 Å². The van der Waals surface area contributed by atoms with Crippen LogP contribution in [-0.2, 0) is 19.2 Å². The van der Waals surface area contributed by atoms with E-state index in [4.69, 9.17) is 0 Å². The molecule has 0 bridgehead atoms. The molecule has 206 valence electrons. The Morgan fingerprint density at radius 2 is 1.65 bits per heavy atom.